The summed E-state index contributed by atoms with van der Waals surface area (Å²) in [6, 6.07) is 23.9. The number of phenolic OH excluding ortho intramolecular Hbond substituents is 1. The second kappa shape index (κ2) is 9.89. The topological polar surface area (TPSA) is 101 Å². The highest BCUT2D eigenvalue weighted by molar-refractivity contribution is 7.80. The van der Waals surface area contributed by atoms with Gasteiger partial charge in [-0.05, 0) is 67.2 Å². The van der Waals surface area contributed by atoms with Gasteiger partial charge in [0.2, 0.25) is 11.8 Å². The molecule has 36 heavy (non-hydrogen) atoms. The van der Waals surface area contributed by atoms with Gasteiger partial charge in [0, 0.05) is 23.4 Å². The molecule has 0 spiro atoms. The summed E-state index contributed by atoms with van der Waals surface area (Å²) in [7, 11) is 0. The van der Waals surface area contributed by atoms with Crippen LogP contribution in [-0.2, 0) is 4.79 Å². The maximum atomic E-state index is 12.3. The number of anilines is 1. The van der Waals surface area contributed by atoms with Gasteiger partial charge in [0.1, 0.15) is 22.8 Å². The highest BCUT2D eigenvalue weighted by atomic mass is 32.1. The molecule has 0 aliphatic carbocycles. The predicted octanol–water partition coefficient (Wildman–Crippen LogP) is 6.30. The standard InChI is InChI=1S/C28H21N3O4S/c1-17-7-12-22-25(15-17)35-27(30-22)21-11-8-19(16-23(21)32)29-28(36)31-26(33)14-10-20-9-13-24(34-20)18-5-3-2-4-6-18/h2-16,32H,1H3,(H2,29,31,33,36). The van der Waals surface area contributed by atoms with E-state index in [4.69, 9.17) is 21.1 Å². The maximum Gasteiger partial charge on any atom is 0.250 e. The number of hydrogen-bond acceptors (Lipinski definition) is 6. The van der Waals surface area contributed by atoms with E-state index in [1.165, 1.54) is 12.1 Å². The molecule has 2 aromatic heterocycles. The minimum Gasteiger partial charge on any atom is -0.507 e. The van der Waals surface area contributed by atoms with E-state index in [9.17, 15) is 9.90 Å². The lowest BCUT2D eigenvalue weighted by atomic mass is 10.2. The number of nitrogens with zero attached hydrogens (tertiary/aromatic N) is 1. The first-order valence-corrected chi connectivity index (χ1v) is 11.5. The molecule has 1 amide bonds. The van der Waals surface area contributed by atoms with Crippen LogP contribution in [-0.4, -0.2) is 21.1 Å². The van der Waals surface area contributed by atoms with Crippen molar-refractivity contribution >= 4 is 46.1 Å². The van der Waals surface area contributed by atoms with Crippen LogP contribution in [0.2, 0.25) is 0 Å². The minimum atomic E-state index is -0.423. The van der Waals surface area contributed by atoms with Crippen LogP contribution in [0.4, 0.5) is 5.69 Å². The molecule has 0 atom stereocenters. The molecule has 5 rings (SSSR count). The number of aromatic hydroxyl groups is 1. The van der Waals surface area contributed by atoms with Crippen molar-refractivity contribution in [3.05, 3.63) is 96.3 Å². The van der Waals surface area contributed by atoms with Crippen molar-refractivity contribution in [2.24, 2.45) is 0 Å². The van der Waals surface area contributed by atoms with Gasteiger partial charge in [0.05, 0.1) is 5.56 Å². The maximum absolute atomic E-state index is 12.3. The second-order valence-corrected chi connectivity index (χ2v) is 8.48. The number of hydrogen-bond donors (Lipinski definition) is 3. The molecule has 178 valence electrons. The number of carbonyl (C=O) groups excluding carboxylic acids is 1. The van der Waals surface area contributed by atoms with Crippen LogP contribution >= 0.6 is 12.2 Å². The highest BCUT2D eigenvalue weighted by Crippen LogP contribution is 2.33. The number of nitrogens with one attached hydrogen (secondary N) is 2. The molecule has 2 heterocycles. The summed E-state index contributed by atoms with van der Waals surface area (Å²) in [4.78, 5) is 16.7. The summed E-state index contributed by atoms with van der Waals surface area (Å²) >= 11 is 5.22. The summed E-state index contributed by atoms with van der Waals surface area (Å²) in [6.45, 7) is 1.97. The Bertz CT molecular complexity index is 1600. The van der Waals surface area contributed by atoms with Crippen molar-refractivity contribution in [1.82, 2.24) is 10.3 Å². The zero-order valence-electron chi connectivity index (χ0n) is 19.2. The van der Waals surface area contributed by atoms with Crippen LogP contribution in [0, 0.1) is 6.92 Å². The van der Waals surface area contributed by atoms with E-state index >= 15 is 0 Å². The second-order valence-electron chi connectivity index (χ2n) is 8.07. The lowest BCUT2D eigenvalue weighted by molar-refractivity contribution is -0.115. The molecule has 0 saturated heterocycles. The van der Waals surface area contributed by atoms with E-state index in [0.29, 0.717) is 39.8 Å². The van der Waals surface area contributed by atoms with E-state index in [2.05, 4.69) is 15.6 Å². The van der Waals surface area contributed by atoms with Gasteiger partial charge in [-0.15, -0.1) is 0 Å². The van der Waals surface area contributed by atoms with Crippen LogP contribution in [0.3, 0.4) is 0 Å². The van der Waals surface area contributed by atoms with E-state index < -0.39 is 5.91 Å². The molecule has 3 N–H and O–H groups in total. The number of fused-ring (bicyclic) bond motifs is 1. The first kappa shape index (κ1) is 23.1. The van der Waals surface area contributed by atoms with Crippen molar-refractivity contribution in [2.75, 3.05) is 5.32 Å². The van der Waals surface area contributed by atoms with E-state index in [0.717, 1.165) is 11.1 Å². The Morgan fingerprint density at radius 3 is 2.64 bits per heavy atom. The number of phenols is 1. The summed E-state index contributed by atoms with van der Waals surface area (Å²) in [5, 5.41) is 16.1. The molecule has 0 unspecified atom stereocenters. The fourth-order valence-electron chi connectivity index (χ4n) is 3.61. The van der Waals surface area contributed by atoms with Gasteiger partial charge in [-0.2, -0.15) is 0 Å². The normalized spacial score (nSPS) is 11.1. The van der Waals surface area contributed by atoms with Gasteiger partial charge in [-0.3, -0.25) is 10.1 Å². The van der Waals surface area contributed by atoms with Crippen LogP contribution in [0.15, 0.2) is 93.8 Å². The molecule has 7 nitrogen and oxygen atoms in total. The summed E-state index contributed by atoms with van der Waals surface area (Å²) in [5.41, 5.74) is 4.30. The van der Waals surface area contributed by atoms with Crippen molar-refractivity contribution in [2.45, 2.75) is 6.92 Å². The molecule has 3 aromatic carbocycles. The average Bonchev–Trinajstić information content (AvgIpc) is 3.50. The smallest absolute Gasteiger partial charge is 0.250 e. The van der Waals surface area contributed by atoms with Crippen LogP contribution in [0.25, 0.3) is 40.0 Å². The Labute approximate surface area is 212 Å². The van der Waals surface area contributed by atoms with E-state index in [1.807, 2.05) is 61.5 Å². The lowest BCUT2D eigenvalue weighted by Gasteiger charge is -2.09. The third kappa shape index (κ3) is 5.18. The molecular formula is C28H21N3O4S. The van der Waals surface area contributed by atoms with Gasteiger partial charge in [0.25, 0.3) is 0 Å². The number of benzene rings is 3. The molecular weight excluding hydrogens is 474 g/mol. The Morgan fingerprint density at radius 2 is 1.83 bits per heavy atom. The number of thiocarbonyl (C=S) groups is 1. The molecule has 0 saturated carbocycles. The molecule has 0 bridgehead atoms. The number of aryl methyl sites for hydroxylation is 1. The Kier molecular flexibility index (Phi) is 6.34. The first-order chi connectivity index (χ1) is 17.4. The third-order valence-corrected chi connectivity index (χ3v) is 5.55. The fraction of sp³-hybridized carbons (Fsp3) is 0.0357. The van der Waals surface area contributed by atoms with E-state index in [-0.39, 0.29) is 10.9 Å². The Hall–Kier alpha value is -4.69. The number of aromatic nitrogens is 1. The zero-order valence-corrected chi connectivity index (χ0v) is 20.0. The molecule has 0 fully saturated rings. The van der Waals surface area contributed by atoms with Crippen molar-refractivity contribution in [3.8, 4) is 28.5 Å². The summed E-state index contributed by atoms with van der Waals surface area (Å²) in [5.74, 6) is 1.10. The largest absolute Gasteiger partial charge is 0.507 e. The molecule has 8 heteroatoms. The zero-order chi connectivity index (χ0) is 25.1. The van der Waals surface area contributed by atoms with Crippen LogP contribution in [0.5, 0.6) is 5.75 Å². The molecule has 0 aliphatic rings. The molecule has 5 aromatic rings. The lowest BCUT2D eigenvalue weighted by Crippen LogP contribution is -2.32. The number of oxazole rings is 1. The summed E-state index contributed by atoms with van der Waals surface area (Å²) in [6.07, 6.45) is 2.89. The van der Waals surface area contributed by atoms with Gasteiger partial charge < -0.3 is 19.3 Å². The van der Waals surface area contributed by atoms with Crippen molar-refractivity contribution in [3.63, 3.8) is 0 Å². The van der Waals surface area contributed by atoms with E-state index in [1.54, 1.807) is 24.3 Å². The van der Waals surface area contributed by atoms with Crippen LogP contribution < -0.4 is 10.6 Å². The molecule has 0 radical (unpaired) electrons. The van der Waals surface area contributed by atoms with Gasteiger partial charge in [-0.25, -0.2) is 4.98 Å². The Balaban J connectivity index is 1.20. The van der Waals surface area contributed by atoms with Crippen molar-refractivity contribution in [1.29, 1.82) is 0 Å². The first-order valence-electron chi connectivity index (χ1n) is 11.1. The molecule has 0 aliphatic heterocycles. The average molecular weight is 496 g/mol. The van der Waals surface area contributed by atoms with Crippen LogP contribution in [0.1, 0.15) is 11.3 Å². The fourth-order valence-corrected chi connectivity index (χ4v) is 3.83. The number of rotatable bonds is 5. The van der Waals surface area contributed by atoms with Gasteiger partial charge in [0.15, 0.2) is 10.7 Å². The highest BCUT2D eigenvalue weighted by Gasteiger charge is 2.13. The van der Waals surface area contributed by atoms with Gasteiger partial charge in [-0.1, -0.05) is 36.4 Å². The summed E-state index contributed by atoms with van der Waals surface area (Å²) < 4.78 is 11.5. The SMILES string of the molecule is Cc1ccc2nc(-c3ccc(NC(=S)NC(=O)C=Cc4ccc(-c5ccccc5)o4)cc3O)oc2c1. The monoisotopic (exact) mass is 495 g/mol. The van der Waals surface area contributed by atoms with Crippen molar-refractivity contribution < 1.29 is 18.7 Å². The number of furan rings is 1. The quantitative estimate of drug-likeness (QED) is 0.194. The number of carbonyl (C=O) groups is 1. The van der Waals surface area contributed by atoms with Gasteiger partial charge >= 0.3 is 0 Å². The minimum absolute atomic E-state index is 0.0376. The number of amides is 1. The Morgan fingerprint density at radius 1 is 1.00 bits per heavy atom. The third-order valence-electron chi connectivity index (χ3n) is 5.35. The predicted molar refractivity (Wildman–Crippen MR) is 143 cm³/mol.